The first-order chi connectivity index (χ1) is 8.61. The van der Waals surface area contributed by atoms with Gasteiger partial charge in [0, 0.05) is 0 Å². The van der Waals surface area contributed by atoms with Gasteiger partial charge in [0.1, 0.15) is 22.5 Å². The average molecular weight is 283 g/mol. The molecule has 0 saturated carbocycles. The number of nitriles is 1. The first-order valence-electron chi connectivity index (χ1n) is 4.75. The fourth-order valence-electron chi connectivity index (χ4n) is 1.30. The quantitative estimate of drug-likeness (QED) is 0.856. The highest BCUT2D eigenvalue weighted by molar-refractivity contribution is 6.33. The molecule has 0 radical (unpaired) electrons. The number of hydrogen-bond acceptors (Lipinski definition) is 4. The van der Waals surface area contributed by atoms with Gasteiger partial charge in [-0.15, -0.1) is 0 Å². The zero-order valence-corrected chi connectivity index (χ0v) is 10.3. The third-order valence-corrected chi connectivity index (χ3v) is 2.55. The van der Waals surface area contributed by atoms with E-state index in [1.165, 1.54) is 24.4 Å². The van der Waals surface area contributed by atoms with Crippen molar-refractivity contribution in [2.75, 3.05) is 5.32 Å². The van der Waals surface area contributed by atoms with E-state index in [4.69, 9.17) is 28.5 Å². The Morgan fingerprint density at radius 3 is 2.83 bits per heavy atom. The van der Waals surface area contributed by atoms with E-state index in [1.54, 1.807) is 6.07 Å². The minimum Gasteiger partial charge on any atom is -0.338 e. The van der Waals surface area contributed by atoms with E-state index in [9.17, 15) is 4.39 Å². The summed E-state index contributed by atoms with van der Waals surface area (Å²) in [6.45, 7) is 0. The molecular weight excluding hydrogens is 278 g/mol. The van der Waals surface area contributed by atoms with E-state index in [-0.39, 0.29) is 27.4 Å². The van der Waals surface area contributed by atoms with Crippen LogP contribution < -0.4 is 5.32 Å². The summed E-state index contributed by atoms with van der Waals surface area (Å²) in [4.78, 5) is 7.54. The van der Waals surface area contributed by atoms with Gasteiger partial charge in [-0.25, -0.2) is 9.37 Å². The molecule has 2 rings (SSSR count). The molecule has 0 aliphatic heterocycles. The Morgan fingerprint density at radius 2 is 2.11 bits per heavy atom. The van der Waals surface area contributed by atoms with Gasteiger partial charge >= 0.3 is 0 Å². The zero-order chi connectivity index (χ0) is 13.1. The smallest absolute Gasteiger partial charge is 0.224 e. The summed E-state index contributed by atoms with van der Waals surface area (Å²) in [5, 5.41) is 11.8. The van der Waals surface area contributed by atoms with Crippen LogP contribution in [0.1, 0.15) is 5.56 Å². The molecule has 90 valence electrons. The molecule has 7 heteroatoms. The monoisotopic (exact) mass is 282 g/mol. The molecule has 0 aliphatic rings. The second-order valence-electron chi connectivity index (χ2n) is 3.23. The third kappa shape index (κ3) is 2.50. The molecule has 0 bridgehead atoms. The fourth-order valence-corrected chi connectivity index (χ4v) is 1.57. The number of nitrogens with zero attached hydrogens (tertiary/aromatic N) is 3. The molecule has 0 spiro atoms. The first kappa shape index (κ1) is 12.6. The Morgan fingerprint density at radius 1 is 1.33 bits per heavy atom. The summed E-state index contributed by atoms with van der Waals surface area (Å²) >= 11 is 11.5. The second kappa shape index (κ2) is 5.17. The Kier molecular flexibility index (Phi) is 3.60. The summed E-state index contributed by atoms with van der Waals surface area (Å²) in [6, 6.07) is 5.96. The Bertz CT molecular complexity index is 639. The molecule has 18 heavy (non-hydrogen) atoms. The minimum absolute atomic E-state index is 0.00295. The van der Waals surface area contributed by atoms with Crippen molar-refractivity contribution < 1.29 is 4.39 Å². The maximum atomic E-state index is 13.4. The lowest BCUT2D eigenvalue weighted by Crippen LogP contribution is -1.99. The molecule has 1 heterocycles. The average Bonchev–Trinajstić information content (AvgIpc) is 2.34. The molecule has 0 fully saturated rings. The molecule has 0 atom stereocenters. The van der Waals surface area contributed by atoms with Crippen LogP contribution in [0.25, 0.3) is 0 Å². The Labute approximate surface area is 112 Å². The van der Waals surface area contributed by atoms with Crippen molar-refractivity contribution >= 4 is 34.7 Å². The molecule has 0 unspecified atom stereocenters. The summed E-state index contributed by atoms with van der Waals surface area (Å²) < 4.78 is 13.4. The third-order valence-electron chi connectivity index (χ3n) is 2.09. The highest BCUT2D eigenvalue weighted by atomic mass is 35.5. The van der Waals surface area contributed by atoms with E-state index < -0.39 is 5.82 Å². The van der Waals surface area contributed by atoms with E-state index >= 15 is 0 Å². The van der Waals surface area contributed by atoms with Crippen LogP contribution in [0.5, 0.6) is 0 Å². The van der Waals surface area contributed by atoms with Gasteiger partial charge in [-0.3, -0.25) is 0 Å². The maximum Gasteiger partial charge on any atom is 0.224 e. The lowest BCUT2D eigenvalue weighted by Gasteiger charge is -2.09. The topological polar surface area (TPSA) is 61.6 Å². The molecule has 0 aliphatic carbocycles. The summed E-state index contributed by atoms with van der Waals surface area (Å²) in [6.07, 6.45) is 1.31. The van der Waals surface area contributed by atoms with Crippen LogP contribution in [0.3, 0.4) is 0 Å². The van der Waals surface area contributed by atoms with Gasteiger partial charge in [-0.1, -0.05) is 17.7 Å². The van der Waals surface area contributed by atoms with Crippen LogP contribution in [-0.2, 0) is 0 Å². The predicted octanol–water partition coefficient (Wildman–Crippen LogP) is 3.54. The normalized spacial score (nSPS) is 9.89. The summed E-state index contributed by atoms with van der Waals surface area (Å²) in [7, 11) is 0. The van der Waals surface area contributed by atoms with Crippen molar-refractivity contribution in [2.24, 2.45) is 0 Å². The molecule has 4 nitrogen and oxygen atoms in total. The Hall–Kier alpha value is -1.90. The maximum absolute atomic E-state index is 13.4. The van der Waals surface area contributed by atoms with E-state index in [2.05, 4.69) is 15.3 Å². The number of rotatable bonds is 2. The van der Waals surface area contributed by atoms with Crippen molar-refractivity contribution in [1.82, 2.24) is 9.97 Å². The van der Waals surface area contributed by atoms with Crippen LogP contribution in [0, 0.1) is 17.1 Å². The summed E-state index contributed by atoms with van der Waals surface area (Å²) in [5.74, 6) is -0.419. The number of benzene rings is 1. The number of nitrogens with one attached hydrogen (secondary N) is 1. The van der Waals surface area contributed by atoms with Crippen molar-refractivity contribution in [3.63, 3.8) is 0 Å². The molecular formula is C11H5Cl2FN4. The SMILES string of the molecule is N#Cc1c(F)cccc1Nc1nc(Cl)ncc1Cl. The van der Waals surface area contributed by atoms with E-state index in [1.807, 2.05) is 0 Å². The second-order valence-corrected chi connectivity index (χ2v) is 3.98. The lowest BCUT2D eigenvalue weighted by atomic mass is 10.2. The lowest BCUT2D eigenvalue weighted by molar-refractivity contribution is 0.624. The molecule has 0 amide bonds. The molecule has 1 aromatic carbocycles. The number of anilines is 2. The van der Waals surface area contributed by atoms with Crippen LogP contribution in [0.15, 0.2) is 24.4 Å². The largest absolute Gasteiger partial charge is 0.338 e. The molecule has 1 aromatic heterocycles. The number of hydrogen-bond donors (Lipinski definition) is 1. The first-order valence-corrected chi connectivity index (χ1v) is 5.51. The predicted molar refractivity (Wildman–Crippen MR) is 66.4 cm³/mol. The van der Waals surface area contributed by atoms with Crippen molar-refractivity contribution in [3.8, 4) is 6.07 Å². The van der Waals surface area contributed by atoms with Gasteiger partial charge in [0.25, 0.3) is 0 Å². The number of aromatic nitrogens is 2. The van der Waals surface area contributed by atoms with E-state index in [0.717, 1.165) is 0 Å². The van der Waals surface area contributed by atoms with Crippen LogP contribution >= 0.6 is 23.2 Å². The minimum atomic E-state index is -0.626. The van der Waals surface area contributed by atoms with Crippen molar-refractivity contribution in [2.45, 2.75) is 0 Å². The van der Waals surface area contributed by atoms with Gasteiger partial charge in [0.05, 0.1) is 11.9 Å². The van der Waals surface area contributed by atoms with Gasteiger partial charge in [0.15, 0.2) is 5.82 Å². The number of halogens is 3. The molecule has 2 aromatic rings. The van der Waals surface area contributed by atoms with Gasteiger partial charge in [-0.05, 0) is 23.7 Å². The van der Waals surface area contributed by atoms with Gasteiger partial charge in [0.2, 0.25) is 5.28 Å². The standard InChI is InChI=1S/C11H5Cl2FN4/c12-7-5-16-11(13)18-10(7)17-9-3-1-2-8(14)6(9)4-15/h1-3,5H,(H,16,17,18). The van der Waals surface area contributed by atoms with Crippen LogP contribution in [0.2, 0.25) is 10.3 Å². The van der Waals surface area contributed by atoms with Crippen molar-refractivity contribution in [1.29, 1.82) is 5.26 Å². The van der Waals surface area contributed by atoms with Gasteiger partial charge < -0.3 is 5.32 Å². The molecule has 1 N–H and O–H groups in total. The highest BCUT2D eigenvalue weighted by Crippen LogP contribution is 2.26. The summed E-state index contributed by atoms with van der Waals surface area (Å²) in [5.41, 5.74) is 0.137. The fraction of sp³-hybridized carbons (Fsp3) is 0. The van der Waals surface area contributed by atoms with Crippen molar-refractivity contribution in [3.05, 3.63) is 46.1 Å². The molecule has 0 saturated heterocycles. The zero-order valence-electron chi connectivity index (χ0n) is 8.78. The van der Waals surface area contributed by atoms with Crippen LogP contribution in [-0.4, -0.2) is 9.97 Å². The Balaban J connectivity index is 2.44. The van der Waals surface area contributed by atoms with E-state index in [0.29, 0.717) is 0 Å². The van der Waals surface area contributed by atoms with Crippen LogP contribution in [0.4, 0.5) is 15.9 Å². The highest BCUT2D eigenvalue weighted by Gasteiger charge is 2.10. The van der Waals surface area contributed by atoms with Gasteiger partial charge in [-0.2, -0.15) is 10.2 Å².